The maximum atomic E-state index is 10.6. The Kier molecular flexibility index (Phi) is 4.18. The molecule has 0 aliphatic heterocycles. The Morgan fingerprint density at radius 3 is 2.89 bits per heavy atom. The Bertz CT molecular complexity index is 622. The van der Waals surface area contributed by atoms with Crippen LogP contribution >= 0.6 is 38.5 Å². The Hall–Kier alpha value is -1.15. The summed E-state index contributed by atoms with van der Waals surface area (Å²) >= 11 is 5.54. The third-order valence-corrected chi connectivity index (χ3v) is 3.24. The van der Waals surface area contributed by atoms with Gasteiger partial charge < -0.3 is 5.11 Å². The maximum Gasteiger partial charge on any atom is 0.328 e. The largest absolute Gasteiger partial charge is 0.478 e. The van der Waals surface area contributed by atoms with Crippen LogP contribution in [0.25, 0.3) is 11.8 Å². The van der Waals surface area contributed by atoms with Crippen LogP contribution in [0.3, 0.4) is 0 Å². The number of benzene rings is 1. The van der Waals surface area contributed by atoms with Crippen molar-refractivity contribution in [3.63, 3.8) is 0 Å². The smallest absolute Gasteiger partial charge is 0.328 e. The van der Waals surface area contributed by atoms with Gasteiger partial charge in [-0.25, -0.2) is 9.48 Å². The molecule has 0 aliphatic carbocycles. The van der Waals surface area contributed by atoms with E-state index < -0.39 is 5.97 Å². The number of carboxylic acid groups (broad SMARTS) is 1. The first-order valence-electron chi connectivity index (χ1n) is 4.97. The van der Waals surface area contributed by atoms with E-state index in [2.05, 4.69) is 43.6 Å². The monoisotopic (exact) mass is 418 g/mol. The van der Waals surface area contributed by atoms with Gasteiger partial charge in [0, 0.05) is 22.3 Å². The van der Waals surface area contributed by atoms with Crippen LogP contribution in [0.15, 0.2) is 41.1 Å². The van der Waals surface area contributed by atoms with E-state index in [1.54, 1.807) is 17.0 Å². The lowest BCUT2D eigenvalue weighted by Gasteiger charge is -2.06. The van der Waals surface area contributed by atoms with E-state index >= 15 is 0 Å². The molecule has 0 fully saturated rings. The first-order valence-corrected chi connectivity index (χ1v) is 6.84. The molecule has 0 unspecified atom stereocenters. The second-order valence-electron chi connectivity index (χ2n) is 3.48. The number of nitrogens with zero attached hydrogens (tertiary/aromatic N) is 2. The van der Waals surface area contributed by atoms with E-state index in [0.717, 1.165) is 25.4 Å². The highest BCUT2D eigenvalue weighted by molar-refractivity contribution is 14.1. The summed E-state index contributed by atoms with van der Waals surface area (Å²) in [5.74, 6) is -0.976. The molecule has 6 heteroatoms. The molecule has 4 nitrogen and oxygen atoms in total. The molecule has 92 valence electrons. The number of aliphatic carboxylic acids is 1. The Balaban J connectivity index is 2.50. The second-order valence-corrected chi connectivity index (χ2v) is 5.64. The first-order chi connectivity index (χ1) is 8.56. The molecule has 0 saturated heterocycles. The van der Waals surface area contributed by atoms with E-state index in [-0.39, 0.29) is 0 Å². The van der Waals surface area contributed by atoms with Crippen molar-refractivity contribution >= 4 is 50.6 Å². The first kappa shape index (κ1) is 13.3. The van der Waals surface area contributed by atoms with Gasteiger partial charge in [0.05, 0.1) is 15.5 Å². The topological polar surface area (TPSA) is 55.1 Å². The fourth-order valence-electron chi connectivity index (χ4n) is 1.46. The molecule has 2 aromatic rings. The fourth-order valence-corrected chi connectivity index (χ4v) is 2.23. The molecule has 0 aliphatic rings. The third kappa shape index (κ3) is 3.20. The predicted molar refractivity (Wildman–Crippen MR) is 80.7 cm³/mol. The van der Waals surface area contributed by atoms with Gasteiger partial charge in [0.1, 0.15) is 0 Å². The van der Waals surface area contributed by atoms with Crippen LogP contribution in [0.1, 0.15) is 5.56 Å². The van der Waals surface area contributed by atoms with Gasteiger partial charge >= 0.3 is 5.97 Å². The molecule has 0 bridgehead atoms. The molecule has 0 amide bonds. The molecule has 1 N–H and O–H groups in total. The maximum absolute atomic E-state index is 10.6. The zero-order chi connectivity index (χ0) is 13.1. The number of aromatic nitrogens is 2. The molecular formula is C12H8BrIN2O2. The van der Waals surface area contributed by atoms with Crippen LogP contribution in [-0.2, 0) is 4.79 Å². The number of rotatable bonds is 3. The normalized spacial score (nSPS) is 11.0. The van der Waals surface area contributed by atoms with Crippen molar-refractivity contribution in [2.24, 2.45) is 0 Å². The summed E-state index contributed by atoms with van der Waals surface area (Å²) in [6.45, 7) is 0. The lowest BCUT2D eigenvalue weighted by atomic mass is 10.1. The molecule has 0 radical (unpaired) electrons. The minimum absolute atomic E-state index is 0.784. The molecule has 1 heterocycles. The van der Waals surface area contributed by atoms with Gasteiger partial charge in [-0.1, -0.05) is 15.9 Å². The summed E-state index contributed by atoms with van der Waals surface area (Å²) in [5, 5.41) is 12.9. The summed E-state index contributed by atoms with van der Waals surface area (Å²) in [6.07, 6.45) is 6.28. The Morgan fingerprint density at radius 2 is 2.28 bits per heavy atom. The van der Waals surface area contributed by atoms with Crippen molar-refractivity contribution in [3.05, 3.63) is 50.3 Å². The zero-order valence-electron chi connectivity index (χ0n) is 9.05. The quantitative estimate of drug-likeness (QED) is 0.614. The van der Waals surface area contributed by atoms with Gasteiger partial charge in [-0.05, 0) is 46.9 Å². The van der Waals surface area contributed by atoms with Gasteiger partial charge in [0.15, 0.2) is 0 Å². The van der Waals surface area contributed by atoms with Gasteiger partial charge in [-0.3, -0.25) is 0 Å². The molecule has 0 atom stereocenters. The Labute approximate surface area is 126 Å². The van der Waals surface area contributed by atoms with Gasteiger partial charge in [-0.15, -0.1) is 0 Å². The number of carbonyl (C=O) groups is 1. The van der Waals surface area contributed by atoms with Crippen molar-refractivity contribution < 1.29 is 9.90 Å². The molecule has 1 aromatic carbocycles. The van der Waals surface area contributed by atoms with E-state index in [1.165, 1.54) is 0 Å². The summed E-state index contributed by atoms with van der Waals surface area (Å²) in [4.78, 5) is 10.6. The van der Waals surface area contributed by atoms with E-state index in [4.69, 9.17) is 5.11 Å². The lowest BCUT2D eigenvalue weighted by Crippen LogP contribution is -1.97. The highest BCUT2D eigenvalue weighted by Crippen LogP contribution is 2.21. The summed E-state index contributed by atoms with van der Waals surface area (Å²) in [7, 11) is 0. The van der Waals surface area contributed by atoms with E-state index in [1.807, 2.05) is 24.4 Å². The van der Waals surface area contributed by atoms with Crippen LogP contribution in [0.2, 0.25) is 0 Å². The standard InChI is InChI=1S/C12H8BrIN2O2/c13-9-2-3-11(16-7-10(14)6-15-16)8(5-9)1-4-12(17)18/h1-7H,(H,17,18)/b4-1+. The van der Waals surface area contributed by atoms with Crippen LogP contribution in [0.4, 0.5) is 0 Å². The molecule has 1 aromatic heterocycles. The van der Waals surface area contributed by atoms with Crippen LogP contribution in [-0.4, -0.2) is 20.9 Å². The number of halogens is 2. The third-order valence-electron chi connectivity index (χ3n) is 2.19. The second kappa shape index (κ2) is 5.66. The number of hydrogen-bond donors (Lipinski definition) is 1. The zero-order valence-corrected chi connectivity index (χ0v) is 12.8. The number of hydrogen-bond acceptors (Lipinski definition) is 2. The van der Waals surface area contributed by atoms with Crippen LogP contribution in [0, 0.1) is 3.57 Å². The fraction of sp³-hybridized carbons (Fsp3) is 0. The highest BCUT2D eigenvalue weighted by Gasteiger charge is 2.05. The van der Waals surface area contributed by atoms with Crippen LogP contribution in [0.5, 0.6) is 0 Å². The van der Waals surface area contributed by atoms with Crippen molar-refractivity contribution in [1.82, 2.24) is 9.78 Å². The van der Waals surface area contributed by atoms with Gasteiger partial charge in [0.25, 0.3) is 0 Å². The summed E-state index contributed by atoms with van der Waals surface area (Å²) in [5.41, 5.74) is 1.62. The van der Waals surface area contributed by atoms with E-state index in [9.17, 15) is 4.79 Å². The molecule has 2 rings (SSSR count). The summed E-state index contributed by atoms with van der Waals surface area (Å²) in [6, 6.07) is 5.62. The Morgan fingerprint density at radius 1 is 1.50 bits per heavy atom. The van der Waals surface area contributed by atoms with Crippen molar-refractivity contribution in [3.8, 4) is 5.69 Å². The van der Waals surface area contributed by atoms with Crippen molar-refractivity contribution in [1.29, 1.82) is 0 Å². The average molecular weight is 419 g/mol. The van der Waals surface area contributed by atoms with Gasteiger partial charge in [0.2, 0.25) is 0 Å². The van der Waals surface area contributed by atoms with Crippen molar-refractivity contribution in [2.75, 3.05) is 0 Å². The predicted octanol–water partition coefficient (Wildman–Crippen LogP) is 3.34. The molecule has 0 saturated carbocycles. The average Bonchev–Trinajstić information content (AvgIpc) is 2.73. The van der Waals surface area contributed by atoms with Gasteiger partial charge in [-0.2, -0.15) is 5.10 Å². The molecule has 0 spiro atoms. The SMILES string of the molecule is O=C(O)/C=C/c1cc(Br)ccc1-n1cc(I)cn1. The number of carboxylic acids is 1. The minimum atomic E-state index is -0.976. The summed E-state index contributed by atoms with van der Waals surface area (Å²) < 4.78 is 3.62. The minimum Gasteiger partial charge on any atom is -0.478 e. The highest BCUT2D eigenvalue weighted by atomic mass is 127. The van der Waals surface area contributed by atoms with Crippen molar-refractivity contribution in [2.45, 2.75) is 0 Å². The molecule has 18 heavy (non-hydrogen) atoms. The van der Waals surface area contributed by atoms with E-state index in [0.29, 0.717) is 0 Å². The van der Waals surface area contributed by atoms with Crippen LogP contribution < -0.4 is 0 Å². The molecular weight excluding hydrogens is 411 g/mol. The lowest BCUT2D eigenvalue weighted by molar-refractivity contribution is -0.131.